The van der Waals surface area contributed by atoms with Gasteiger partial charge in [-0.3, -0.25) is 9.69 Å². The number of amides is 4. The van der Waals surface area contributed by atoms with E-state index in [0.29, 0.717) is 64.8 Å². The normalized spacial score (nSPS) is 20.1. The highest BCUT2D eigenvalue weighted by molar-refractivity contribution is 6.33. The Balaban J connectivity index is 1.09. The summed E-state index contributed by atoms with van der Waals surface area (Å²) in [4.78, 5) is 58.3. The van der Waals surface area contributed by atoms with Crippen molar-refractivity contribution < 1.29 is 46.9 Å². The van der Waals surface area contributed by atoms with E-state index >= 15 is 0 Å². The number of fused-ring (bicyclic) bond motifs is 1. The average molecular weight is 751 g/mol. The van der Waals surface area contributed by atoms with Gasteiger partial charge in [0.05, 0.1) is 22.4 Å². The zero-order chi connectivity index (χ0) is 37.2. The molecule has 0 radical (unpaired) electrons. The number of carboxylic acid groups (broad SMARTS) is 1. The van der Waals surface area contributed by atoms with Gasteiger partial charge < -0.3 is 40.3 Å². The predicted molar refractivity (Wildman–Crippen MR) is 184 cm³/mol. The molecule has 4 aliphatic heterocycles. The Kier molecular flexibility index (Phi) is 11.4. The molecule has 0 saturated carbocycles. The Hall–Kier alpha value is -4.28. The van der Waals surface area contributed by atoms with Crippen molar-refractivity contribution in [3.63, 3.8) is 0 Å². The second-order valence-corrected chi connectivity index (χ2v) is 14.1. The number of likely N-dealkylation sites (tertiary alicyclic amines) is 3. The summed E-state index contributed by atoms with van der Waals surface area (Å²) in [5.74, 6) is -1.57. The molecule has 2 aromatic carbocycles. The Morgan fingerprint density at radius 2 is 1.63 bits per heavy atom. The van der Waals surface area contributed by atoms with E-state index in [4.69, 9.17) is 31.9 Å². The number of nitrogens with one attached hydrogen (secondary N) is 1. The molecule has 3 fully saturated rings. The minimum atomic E-state index is -4.80. The third-order valence-corrected chi connectivity index (χ3v) is 10.7. The number of hydrogen-bond acceptors (Lipinski definition) is 8. The largest absolute Gasteiger partial charge is 0.480 e. The number of carbonyl (C=O) groups excluding carboxylic acids is 3. The standard InChI is InChI=1S/C35H42ClF3N6O7/c36-27-16-21(15-26(31(27)40)35(37,38)39)17-29(32(48)42-10-6-23(7-11-42)44-18-25(19-44)51-20-30(46)47)52-34(50)43-12-8-24(9-13-43)45-14-5-22-3-1-2-4-28(22)41-33(45)49/h1-4,15-16,23-25,29H,5-14,17-20,40H2,(H,41,49)(H,46,47)/t29-/m1/s1. The third-order valence-electron chi connectivity index (χ3n) is 10.4. The molecule has 3 saturated heterocycles. The molecular formula is C35H42ClF3N6O7. The fourth-order valence-corrected chi connectivity index (χ4v) is 7.67. The van der Waals surface area contributed by atoms with Crippen molar-refractivity contribution in [1.82, 2.24) is 19.6 Å². The van der Waals surface area contributed by atoms with Crippen LogP contribution in [0, 0.1) is 0 Å². The summed E-state index contributed by atoms with van der Waals surface area (Å²) in [6, 6.07) is 9.50. The van der Waals surface area contributed by atoms with Crippen molar-refractivity contribution in [2.24, 2.45) is 0 Å². The van der Waals surface area contributed by atoms with Crippen LogP contribution in [0.2, 0.25) is 5.02 Å². The molecule has 0 spiro atoms. The fourth-order valence-electron chi connectivity index (χ4n) is 7.43. The first-order valence-corrected chi connectivity index (χ1v) is 17.8. The maximum Gasteiger partial charge on any atom is 0.418 e. The van der Waals surface area contributed by atoms with Crippen LogP contribution in [0.4, 0.5) is 34.1 Å². The Bertz CT molecular complexity index is 1660. The topological polar surface area (TPSA) is 158 Å². The number of para-hydroxylation sites is 1. The number of nitrogens with two attached hydrogens (primary N) is 1. The second-order valence-electron chi connectivity index (χ2n) is 13.7. The van der Waals surface area contributed by atoms with Crippen molar-refractivity contribution in [2.45, 2.75) is 69.0 Å². The molecule has 0 unspecified atom stereocenters. The van der Waals surface area contributed by atoms with Crippen LogP contribution >= 0.6 is 11.6 Å². The fraction of sp³-hybridized carbons (Fsp3) is 0.543. The molecule has 52 heavy (non-hydrogen) atoms. The van der Waals surface area contributed by atoms with E-state index in [-0.39, 0.29) is 60.9 Å². The van der Waals surface area contributed by atoms with Crippen LogP contribution in [-0.4, -0.2) is 125 Å². The van der Waals surface area contributed by atoms with E-state index < -0.39 is 41.5 Å². The van der Waals surface area contributed by atoms with Crippen molar-refractivity contribution in [3.8, 4) is 0 Å². The van der Waals surface area contributed by atoms with E-state index in [1.807, 2.05) is 24.3 Å². The number of ether oxygens (including phenoxy) is 2. The first-order chi connectivity index (χ1) is 24.8. The van der Waals surface area contributed by atoms with Gasteiger partial charge >= 0.3 is 24.3 Å². The smallest absolute Gasteiger partial charge is 0.418 e. The summed E-state index contributed by atoms with van der Waals surface area (Å²) in [7, 11) is 0. The van der Waals surface area contributed by atoms with E-state index in [2.05, 4.69) is 10.2 Å². The molecule has 4 heterocycles. The number of rotatable bonds is 9. The number of nitrogen functional groups attached to an aromatic ring is 1. The lowest BCUT2D eigenvalue weighted by Gasteiger charge is -2.46. The molecule has 4 N–H and O–H groups in total. The summed E-state index contributed by atoms with van der Waals surface area (Å²) < 4.78 is 52.5. The van der Waals surface area contributed by atoms with Gasteiger partial charge in [-0.25, -0.2) is 14.4 Å². The Labute approximate surface area is 303 Å². The van der Waals surface area contributed by atoms with Crippen LogP contribution in [-0.2, 0) is 38.1 Å². The van der Waals surface area contributed by atoms with Crippen LogP contribution < -0.4 is 11.1 Å². The van der Waals surface area contributed by atoms with Crippen molar-refractivity contribution in [2.75, 3.05) is 63.5 Å². The first kappa shape index (κ1) is 37.5. The maximum absolute atomic E-state index is 13.9. The average Bonchev–Trinajstić information content (AvgIpc) is 3.26. The van der Waals surface area contributed by atoms with Gasteiger partial charge in [0.2, 0.25) is 0 Å². The minimum Gasteiger partial charge on any atom is -0.480 e. The molecule has 2 aromatic rings. The molecule has 0 aliphatic carbocycles. The molecule has 4 amide bonds. The number of alkyl halides is 3. The molecule has 4 aliphatic rings. The van der Waals surface area contributed by atoms with Gasteiger partial charge in [0.1, 0.15) is 6.61 Å². The van der Waals surface area contributed by atoms with Crippen LogP contribution in [0.25, 0.3) is 0 Å². The zero-order valence-corrected chi connectivity index (χ0v) is 29.2. The lowest BCUT2D eigenvalue weighted by Crippen LogP contribution is -2.59. The number of anilines is 2. The first-order valence-electron chi connectivity index (χ1n) is 17.4. The number of aliphatic carboxylic acids is 1. The van der Waals surface area contributed by atoms with Crippen molar-refractivity contribution >= 4 is 47.0 Å². The zero-order valence-electron chi connectivity index (χ0n) is 28.4. The lowest BCUT2D eigenvalue weighted by atomic mass is 9.97. The highest BCUT2D eigenvalue weighted by Gasteiger charge is 2.40. The molecule has 0 aromatic heterocycles. The van der Waals surface area contributed by atoms with Gasteiger partial charge in [0.15, 0.2) is 6.10 Å². The summed E-state index contributed by atoms with van der Waals surface area (Å²) in [6.45, 7) is 2.49. The van der Waals surface area contributed by atoms with Crippen LogP contribution in [0.15, 0.2) is 36.4 Å². The van der Waals surface area contributed by atoms with Crippen LogP contribution in [0.5, 0.6) is 0 Å². The van der Waals surface area contributed by atoms with Gasteiger partial charge in [-0.1, -0.05) is 29.8 Å². The van der Waals surface area contributed by atoms with Gasteiger partial charge in [0.25, 0.3) is 5.91 Å². The lowest BCUT2D eigenvalue weighted by molar-refractivity contribution is -0.151. The highest BCUT2D eigenvalue weighted by Crippen LogP contribution is 2.38. The number of hydrogen-bond donors (Lipinski definition) is 3. The maximum atomic E-state index is 13.9. The molecule has 13 nitrogen and oxygen atoms in total. The summed E-state index contributed by atoms with van der Waals surface area (Å²) in [5, 5.41) is 11.5. The third kappa shape index (κ3) is 8.67. The number of carbonyl (C=O) groups is 4. The number of halogens is 4. The van der Waals surface area contributed by atoms with Gasteiger partial charge in [-0.2, -0.15) is 13.2 Å². The number of carboxylic acids is 1. The highest BCUT2D eigenvalue weighted by atomic mass is 35.5. The minimum absolute atomic E-state index is 0.0347. The number of piperidine rings is 2. The van der Waals surface area contributed by atoms with Gasteiger partial charge in [-0.15, -0.1) is 0 Å². The van der Waals surface area contributed by atoms with Crippen molar-refractivity contribution in [1.29, 1.82) is 0 Å². The molecule has 282 valence electrons. The van der Waals surface area contributed by atoms with Gasteiger partial charge in [-0.05, 0) is 61.4 Å². The molecular weight excluding hydrogens is 709 g/mol. The van der Waals surface area contributed by atoms with Crippen molar-refractivity contribution in [3.05, 3.63) is 58.1 Å². The number of nitrogens with zero attached hydrogens (tertiary/aromatic N) is 4. The SMILES string of the molecule is Nc1c(Cl)cc(C[C@@H](OC(=O)N2CCC(N3CCc4ccccc4NC3=O)CC2)C(=O)N2CCC(N3CC(OCC(=O)O)C3)CC2)cc1C(F)(F)F. The number of urea groups is 1. The summed E-state index contributed by atoms with van der Waals surface area (Å²) in [5.41, 5.74) is 5.71. The monoisotopic (exact) mass is 750 g/mol. The molecule has 0 bridgehead atoms. The van der Waals surface area contributed by atoms with E-state index in [1.54, 1.807) is 9.80 Å². The Morgan fingerprint density at radius 1 is 0.981 bits per heavy atom. The summed E-state index contributed by atoms with van der Waals surface area (Å²) in [6.07, 6.45) is -4.68. The quantitative estimate of drug-likeness (QED) is 0.318. The van der Waals surface area contributed by atoms with E-state index in [1.165, 1.54) is 11.0 Å². The van der Waals surface area contributed by atoms with Gasteiger partial charge in [0, 0.05) is 70.0 Å². The van der Waals surface area contributed by atoms with E-state index in [0.717, 1.165) is 17.3 Å². The summed E-state index contributed by atoms with van der Waals surface area (Å²) >= 11 is 6.09. The van der Waals surface area contributed by atoms with Crippen LogP contribution in [0.1, 0.15) is 42.4 Å². The second kappa shape index (κ2) is 15.8. The predicted octanol–water partition coefficient (Wildman–Crippen LogP) is 4.32. The molecule has 1 atom stereocenters. The van der Waals surface area contributed by atoms with Crippen LogP contribution in [0.3, 0.4) is 0 Å². The Morgan fingerprint density at radius 3 is 2.31 bits per heavy atom. The molecule has 6 rings (SSSR count). The molecule has 17 heteroatoms. The number of benzene rings is 2. The van der Waals surface area contributed by atoms with E-state index in [9.17, 15) is 32.3 Å².